The molecule has 0 radical (unpaired) electrons. The molecule has 9 heteroatoms. The van der Waals surface area contributed by atoms with Crippen LogP contribution in [0, 0.1) is 17.1 Å². The Morgan fingerprint density at radius 1 is 1.57 bits per heavy atom. The summed E-state index contributed by atoms with van der Waals surface area (Å²) in [5, 5.41) is 8.62. The number of sulfonamides is 1. The Bertz CT molecular complexity index is 689. The molecule has 0 saturated carbocycles. The maximum Gasteiger partial charge on any atom is 0.246 e. The molecule has 0 amide bonds. The fraction of sp³-hybridized carbons (Fsp3) is 0.417. The minimum Gasteiger partial charge on any atom is -0.395 e. The number of hydrogen-bond acceptors (Lipinski definition) is 4. The SMILES string of the molecule is CC(C)N(CCC#N)S(=O)(=O)c1cc(Cl)c(Br)c(N)c1F. The van der Waals surface area contributed by atoms with Crippen LogP contribution in [0.3, 0.4) is 0 Å². The highest BCUT2D eigenvalue weighted by Crippen LogP contribution is 2.36. The first-order valence-electron chi connectivity index (χ1n) is 5.96. The second-order valence-corrected chi connectivity index (χ2v) is 7.57. The van der Waals surface area contributed by atoms with Gasteiger partial charge in [-0.15, -0.1) is 0 Å². The van der Waals surface area contributed by atoms with Crippen LogP contribution in [0.15, 0.2) is 15.4 Å². The Balaban J connectivity index is 3.46. The number of halogens is 3. The van der Waals surface area contributed by atoms with E-state index in [4.69, 9.17) is 22.6 Å². The fourth-order valence-electron chi connectivity index (χ4n) is 1.73. The van der Waals surface area contributed by atoms with E-state index in [1.165, 1.54) is 0 Å². The summed E-state index contributed by atoms with van der Waals surface area (Å²) in [6.45, 7) is 3.23. The highest BCUT2D eigenvalue weighted by Gasteiger charge is 2.31. The standard InChI is InChI=1S/C12H14BrClFN3O2S/c1-7(2)18(5-3-4-16)21(19,20)9-6-8(14)10(13)12(17)11(9)15/h6-7H,3,5,17H2,1-2H3. The highest BCUT2D eigenvalue weighted by molar-refractivity contribution is 9.10. The maximum atomic E-state index is 14.2. The van der Waals surface area contributed by atoms with E-state index in [1.807, 2.05) is 6.07 Å². The maximum absolute atomic E-state index is 14.2. The number of nitrogens with two attached hydrogens (primary N) is 1. The Hall–Kier alpha value is -0.880. The molecule has 0 aliphatic rings. The van der Waals surface area contributed by atoms with E-state index in [0.717, 1.165) is 10.4 Å². The number of benzene rings is 1. The van der Waals surface area contributed by atoms with Gasteiger partial charge in [0, 0.05) is 19.0 Å². The third-order valence-electron chi connectivity index (χ3n) is 2.76. The smallest absolute Gasteiger partial charge is 0.246 e. The van der Waals surface area contributed by atoms with E-state index < -0.39 is 26.8 Å². The highest BCUT2D eigenvalue weighted by atomic mass is 79.9. The summed E-state index contributed by atoms with van der Waals surface area (Å²) in [6.07, 6.45) is -0.00122. The lowest BCUT2D eigenvalue weighted by Gasteiger charge is -2.25. The molecule has 0 aliphatic heterocycles. The largest absolute Gasteiger partial charge is 0.395 e. The van der Waals surface area contributed by atoms with Crippen LogP contribution in [0.25, 0.3) is 0 Å². The van der Waals surface area contributed by atoms with E-state index in [1.54, 1.807) is 13.8 Å². The molecular formula is C12H14BrClFN3O2S. The van der Waals surface area contributed by atoms with Crippen LogP contribution in [0.2, 0.25) is 5.02 Å². The first kappa shape index (κ1) is 18.2. The van der Waals surface area contributed by atoms with Gasteiger partial charge in [-0.05, 0) is 35.8 Å². The first-order valence-corrected chi connectivity index (χ1v) is 8.57. The summed E-state index contributed by atoms with van der Waals surface area (Å²) in [5.74, 6) is -1.06. The van der Waals surface area contributed by atoms with Crippen LogP contribution in [-0.2, 0) is 10.0 Å². The second kappa shape index (κ2) is 6.92. The van der Waals surface area contributed by atoms with E-state index in [2.05, 4.69) is 15.9 Å². The van der Waals surface area contributed by atoms with E-state index in [9.17, 15) is 12.8 Å². The van der Waals surface area contributed by atoms with Crippen molar-refractivity contribution in [2.24, 2.45) is 0 Å². The van der Waals surface area contributed by atoms with Gasteiger partial charge in [0.05, 0.1) is 21.3 Å². The lowest BCUT2D eigenvalue weighted by Crippen LogP contribution is -2.38. The van der Waals surface area contributed by atoms with Gasteiger partial charge in [0.2, 0.25) is 10.0 Å². The van der Waals surface area contributed by atoms with Gasteiger partial charge in [0.1, 0.15) is 4.90 Å². The Morgan fingerprint density at radius 2 is 2.14 bits per heavy atom. The molecule has 1 aromatic carbocycles. The molecule has 0 heterocycles. The van der Waals surface area contributed by atoms with Crippen LogP contribution in [0.5, 0.6) is 0 Å². The van der Waals surface area contributed by atoms with Crippen LogP contribution < -0.4 is 5.73 Å². The molecule has 5 nitrogen and oxygen atoms in total. The molecule has 0 fully saturated rings. The predicted molar refractivity (Wildman–Crippen MR) is 82.8 cm³/mol. The van der Waals surface area contributed by atoms with Crippen LogP contribution in [0.1, 0.15) is 20.3 Å². The van der Waals surface area contributed by atoms with Crippen molar-refractivity contribution in [3.63, 3.8) is 0 Å². The molecule has 21 heavy (non-hydrogen) atoms. The fourth-order valence-corrected chi connectivity index (χ4v) is 4.04. The summed E-state index contributed by atoms with van der Waals surface area (Å²) >= 11 is 8.85. The zero-order valence-corrected chi connectivity index (χ0v) is 14.6. The molecule has 0 spiro atoms. The third kappa shape index (κ3) is 3.66. The molecule has 0 saturated heterocycles. The summed E-state index contributed by atoms with van der Waals surface area (Å²) in [5.41, 5.74) is 5.14. The average molecular weight is 399 g/mol. The summed E-state index contributed by atoms with van der Waals surface area (Å²) in [4.78, 5) is -0.597. The quantitative estimate of drug-likeness (QED) is 0.610. The van der Waals surface area contributed by atoms with E-state index >= 15 is 0 Å². The van der Waals surface area contributed by atoms with Crippen molar-refractivity contribution in [1.29, 1.82) is 5.26 Å². The molecule has 116 valence electrons. The van der Waals surface area contributed by atoms with Gasteiger partial charge in [-0.3, -0.25) is 0 Å². The van der Waals surface area contributed by atoms with Crippen molar-refractivity contribution >= 4 is 43.2 Å². The second-order valence-electron chi connectivity index (χ2n) is 4.52. The van der Waals surface area contributed by atoms with E-state index in [0.29, 0.717) is 0 Å². The van der Waals surface area contributed by atoms with E-state index in [-0.39, 0.29) is 28.1 Å². The minimum absolute atomic E-state index is 0.00122. The summed E-state index contributed by atoms with van der Waals surface area (Å²) in [7, 11) is -4.14. The molecule has 1 rings (SSSR count). The topological polar surface area (TPSA) is 87.2 Å². The zero-order chi connectivity index (χ0) is 16.4. The third-order valence-corrected chi connectivity index (χ3v) is 6.22. The Kier molecular flexibility index (Phi) is 5.99. The molecule has 0 atom stereocenters. The van der Waals surface area contributed by atoms with Crippen molar-refractivity contribution in [3.8, 4) is 6.07 Å². The van der Waals surface area contributed by atoms with Gasteiger partial charge in [0.25, 0.3) is 0 Å². The van der Waals surface area contributed by atoms with Crippen LogP contribution in [-0.4, -0.2) is 25.3 Å². The zero-order valence-electron chi connectivity index (χ0n) is 11.4. The van der Waals surface area contributed by atoms with Gasteiger partial charge in [0.15, 0.2) is 5.82 Å². The number of nitrogens with zero attached hydrogens (tertiary/aromatic N) is 2. The van der Waals surface area contributed by atoms with Crippen molar-refractivity contribution in [2.75, 3.05) is 12.3 Å². The van der Waals surface area contributed by atoms with Crippen molar-refractivity contribution in [2.45, 2.75) is 31.2 Å². The van der Waals surface area contributed by atoms with Gasteiger partial charge < -0.3 is 5.73 Å². The average Bonchev–Trinajstić information content (AvgIpc) is 2.40. The number of nitrogen functional groups attached to an aromatic ring is 1. The van der Waals surface area contributed by atoms with Gasteiger partial charge in [-0.2, -0.15) is 9.57 Å². The lowest BCUT2D eigenvalue weighted by atomic mass is 10.3. The van der Waals surface area contributed by atoms with Crippen LogP contribution in [0.4, 0.5) is 10.1 Å². The predicted octanol–water partition coefficient (Wildman–Crippen LogP) is 3.14. The molecule has 0 bridgehead atoms. The molecule has 0 aromatic heterocycles. The summed E-state index contributed by atoms with van der Waals surface area (Å²) < 4.78 is 40.5. The Morgan fingerprint density at radius 3 is 2.62 bits per heavy atom. The molecule has 2 N–H and O–H groups in total. The van der Waals surface area contributed by atoms with Gasteiger partial charge in [-0.1, -0.05) is 11.6 Å². The molecule has 0 aliphatic carbocycles. The number of anilines is 1. The van der Waals surface area contributed by atoms with Crippen molar-refractivity contribution < 1.29 is 12.8 Å². The normalized spacial score (nSPS) is 11.9. The molecule has 0 unspecified atom stereocenters. The first-order chi connectivity index (χ1) is 9.64. The number of hydrogen-bond donors (Lipinski definition) is 1. The van der Waals surface area contributed by atoms with Gasteiger partial charge in [-0.25, -0.2) is 12.8 Å². The Labute approximate surface area is 136 Å². The van der Waals surface area contributed by atoms with Gasteiger partial charge >= 0.3 is 0 Å². The number of rotatable bonds is 5. The summed E-state index contributed by atoms with van der Waals surface area (Å²) in [6, 6.07) is 2.43. The lowest BCUT2D eigenvalue weighted by molar-refractivity contribution is 0.358. The van der Waals surface area contributed by atoms with Crippen LogP contribution >= 0.6 is 27.5 Å². The number of nitriles is 1. The monoisotopic (exact) mass is 397 g/mol. The van der Waals surface area contributed by atoms with Crippen molar-refractivity contribution in [3.05, 3.63) is 21.4 Å². The van der Waals surface area contributed by atoms with Crippen molar-refractivity contribution in [1.82, 2.24) is 4.31 Å². The minimum atomic E-state index is -4.14. The molecule has 1 aromatic rings. The molecular weight excluding hydrogens is 385 g/mol.